The maximum Gasteiger partial charge on any atom is 0.262 e. The Morgan fingerprint density at radius 1 is 1.05 bits per heavy atom. The van der Waals surface area contributed by atoms with Crippen LogP contribution in [0.5, 0.6) is 5.75 Å². The van der Waals surface area contributed by atoms with Crippen molar-refractivity contribution in [3.05, 3.63) is 64.4 Å². The SMILES string of the molecule is Cc1ccc2c(O)c(-c3ccccc3)c(=O)n(C)c2c1. The highest BCUT2D eigenvalue weighted by Crippen LogP contribution is 2.32. The molecule has 0 atom stereocenters. The van der Waals surface area contributed by atoms with Gasteiger partial charge in [0.1, 0.15) is 5.75 Å². The van der Waals surface area contributed by atoms with Gasteiger partial charge in [-0.25, -0.2) is 0 Å². The highest BCUT2D eigenvalue weighted by atomic mass is 16.3. The van der Waals surface area contributed by atoms with Gasteiger partial charge in [-0.3, -0.25) is 4.79 Å². The molecule has 0 amide bonds. The Balaban J connectivity index is 2.46. The lowest BCUT2D eigenvalue weighted by Crippen LogP contribution is -2.19. The number of nitrogens with zero attached hydrogens (tertiary/aromatic N) is 1. The van der Waals surface area contributed by atoms with Crippen LogP contribution in [-0.2, 0) is 7.05 Å². The van der Waals surface area contributed by atoms with Crippen molar-refractivity contribution in [1.29, 1.82) is 0 Å². The van der Waals surface area contributed by atoms with E-state index in [0.29, 0.717) is 10.9 Å². The van der Waals surface area contributed by atoms with E-state index in [9.17, 15) is 9.90 Å². The van der Waals surface area contributed by atoms with E-state index in [1.54, 1.807) is 11.6 Å². The minimum Gasteiger partial charge on any atom is -0.506 e. The van der Waals surface area contributed by atoms with Gasteiger partial charge in [0.25, 0.3) is 5.56 Å². The van der Waals surface area contributed by atoms with Gasteiger partial charge < -0.3 is 9.67 Å². The van der Waals surface area contributed by atoms with Crippen LogP contribution in [0.2, 0.25) is 0 Å². The van der Waals surface area contributed by atoms with Crippen LogP contribution in [0.3, 0.4) is 0 Å². The Morgan fingerprint density at radius 2 is 1.75 bits per heavy atom. The molecule has 0 spiro atoms. The minimum absolute atomic E-state index is 0.0503. The fourth-order valence-electron chi connectivity index (χ4n) is 2.50. The Morgan fingerprint density at radius 3 is 2.45 bits per heavy atom. The van der Waals surface area contributed by atoms with Crippen LogP contribution in [0.15, 0.2) is 53.3 Å². The van der Waals surface area contributed by atoms with Gasteiger partial charge >= 0.3 is 0 Å². The van der Waals surface area contributed by atoms with Crippen molar-refractivity contribution < 1.29 is 5.11 Å². The van der Waals surface area contributed by atoms with Crippen LogP contribution in [-0.4, -0.2) is 9.67 Å². The largest absolute Gasteiger partial charge is 0.506 e. The maximum atomic E-state index is 12.5. The molecule has 3 heteroatoms. The molecular formula is C17H15NO2. The monoisotopic (exact) mass is 265 g/mol. The lowest BCUT2D eigenvalue weighted by Gasteiger charge is -2.12. The lowest BCUT2D eigenvalue weighted by atomic mass is 10.0. The Kier molecular flexibility index (Phi) is 2.83. The van der Waals surface area contributed by atoms with Crippen molar-refractivity contribution in [2.24, 2.45) is 7.05 Å². The van der Waals surface area contributed by atoms with E-state index >= 15 is 0 Å². The first-order valence-electron chi connectivity index (χ1n) is 6.47. The Hall–Kier alpha value is -2.55. The van der Waals surface area contributed by atoms with Crippen molar-refractivity contribution in [2.45, 2.75) is 6.92 Å². The smallest absolute Gasteiger partial charge is 0.262 e. The Bertz CT molecular complexity index is 848. The molecule has 3 aromatic rings. The maximum absolute atomic E-state index is 12.5. The van der Waals surface area contributed by atoms with Crippen LogP contribution < -0.4 is 5.56 Å². The normalized spacial score (nSPS) is 10.9. The van der Waals surface area contributed by atoms with Crippen LogP contribution >= 0.6 is 0 Å². The van der Waals surface area contributed by atoms with E-state index in [1.165, 1.54) is 0 Å². The molecule has 3 rings (SSSR count). The van der Waals surface area contributed by atoms with Crippen molar-refractivity contribution in [3.63, 3.8) is 0 Å². The quantitative estimate of drug-likeness (QED) is 0.734. The molecule has 0 fully saturated rings. The van der Waals surface area contributed by atoms with Crippen molar-refractivity contribution >= 4 is 10.9 Å². The van der Waals surface area contributed by atoms with Gasteiger partial charge in [-0.1, -0.05) is 36.4 Å². The number of hydrogen-bond donors (Lipinski definition) is 1. The average molecular weight is 265 g/mol. The number of aromatic hydroxyl groups is 1. The second-order valence-corrected chi connectivity index (χ2v) is 4.97. The molecule has 0 bridgehead atoms. The topological polar surface area (TPSA) is 42.2 Å². The summed E-state index contributed by atoms with van der Waals surface area (Å²) in [6.07, 6.45) is 0. The first kappa shape index (κ1) is 12.5. The summed E-state index contributed by atoms with van der Waals surface area (Å²) in [5.74, 6) is 0.0503. The molecule has 0 saturated carbocycles. The third-order valence-corrected chi connectivity index (χ3v) is 3.59. The number of pyridine rings is 1. The summed E-state index contributed by atoms with van der Waals surface area (Å²) in [5.41, 5.74) is 2.69. The zero-order valence-electron chi connectivity index (χ0n) is 11.4. The van der Waals surface area contributed by atoms with Crippen LogP contribution in [0.25, 0.3) is 22.0 Å². The second-order valence-electron chi connectivity index (χ2n) is 4.97. The highest BCUT2D eigenvalue weighted by Gasteiger charge is 2.15. The van der Waals surface area contributed by atoms with Gasteiger partial charge in [0.05, 0.1) is 11.1 Å². The number of rotatable bonds is 1. The van der Waals surface area contributed by atoms with Crippen molar-refractivity contribution in [1.82, 2.24) is 4.57 Å². The molecule has 2 aromatic carbocycles. The first-order valence-corrected chi connectivity index (χ1v) is 6.47. The number of benzene rings is 2. The molecule has 0 aliphatic heterocycles. The van der Waals surface area contributed by atoms with E-state index in [2.05, 4.69) is 0 Å². The predicted octanol–water partition coefficient (Wildman–Crippen LogP) is 3.22. The molecular weight excluding hydrogens is 250 g/mol. The molecule has 0 radical (unpaired) electrons. The van der Waals surface area contributed by atoms with Crippen LogP contribution in [0.1, 0.15) is 5.56 Å². The molecule has 20 heavy (non-hydrogen) atoms. The molecule has 100 valence electrons. The molecule has 1 heterocycles. The van der Waals surface area contributed by atoms with Gasteiger partial charge in [0, 0.05) is 12.4 Å². The molecule has 0 aliphatic rings. The third kappa shape index (κ3) is 1.79. The van der Waals surface area contributed by atoms with Gasteiger partial charge in [-0.2, -0.15) is 0 Å². The van der Waals surface area contributed by atoms with E-state index in [-0.39, 0.29) is 11.3 Å². The van der Waals surface area contributed by atoms with Gasteiger partial charge in [0.15, 0.2) is 0 Å². The summed E-state index contributed by atoms with van der Waals surface area (Å²) >= 11 is 0. The van der Waals surface area contributed by atoms with Gasteiger partial charge in [-0.05, 0) is 30.2 Å². The summed E-state index contributed by atoms with van der Waals surface area (Å²) < 4.78 is 1.59. The zero-order valence-corrected chi connectivity index (χ0v) is 11.4. The summed E-state index contributed by atoms with van der Waals surface area (Å²) in [6.45, 7) is 1.96. The molecule has 0 saturated heterocycles. The zero-order chi connectivity index (χ0) is 14.3. The summed E-state index contributed by atoms with van der Waals surface area (Å²) in [4.78, 5) is 12.5. The molecule has 0 aliphatic carbocycles. The second kappa shape index (κ2) is 4.53. The molecule has 1 N–H and O–H groups in total. The number of hydrogen-bond acceptors (Lipinski definition) is 2. The van der Waals surface area contributed by atoms with E-state index in [0.717, 1.165) is 16.6 Å². The third-order valence-electron chi connectivity index (χ3n) is 3.59. The standard InChI is InChI=1S/C17H15NO2/c1-11-8-9-13-14(10-11)18(2)17(20)15(16(13)19)12-6-4-3-5-7-12/h3-10,19H,1-2H3. The van der Waals surface area contributed by atoms with Gasteiger partial charge in [0.2, 0.25) is 0 Å². The fraction of sp³-hybridized carbons (Fsp3) is 0.118. The van der Waals surface area contributed by atoms with Gasteiger partial charge in [-0.15, -0.1) is 0 Å². The van der Waals surface area contributed by atoms with E-state index < -0.39 is 0 Å². The summed E-state index contributed by atoms with van der Waals surface area (Å²) in [5, 5.41) is 11.2. The fourth-order valence-corrected chi connectivity index (χ4v) is 2.50. The summed E-state index contributed by atoms with van der Waals surface area (Å²) in [6, 6.07) is 14.9. The van der Waals surface area contributed by atoms with Crippen LogP contribution in [0, 0.1) is 6.92 Å². The van der Waals surface area contributed by atoms with E-state index in [4.69, 9.17) is 0 Å². The van der Waals surface area contributed by atoms with Crippen LogP contribution in [0.4, 0.5) is 0 Å². The minimum atomic E-state index is -0.188. The Labute approximate surface area is 116 Å². The lowest BCUT2D eigenvalue weighted by molar-refractivity contribution is 0.481. The first-order chi connectivity index (χ1) is 9.59. The number of aryl methyl sites for hydroxylation is 2. The van der Waals surface area contributed by atoms with E-state index in [1.807, 2.05) is 55.5 Å². The number of aromatic nitrogens is 1. The average Bonchev–Trinajstić information content (AvgIpc) is 2.46. The molecule has 3 nitrogen and oxygen atoms in total. The molecule has 1 aromatic heterocycles. The highest BCUT2D eigenvalue weighted by molar-refractivity contribution is 5.92. The summed E-state index contributed by atoms with van der Waals surface area (Å²) in [7, 11) is 1.73. The molecule has 0 unspecified atom stereocenters. The van der Waals surface area contributed by atoms with Crippen molar-refractivity contribution in [2.75, 3.05) is 0 Å². The number of fused-ring (bicyclic) bond motifs is 1. The van der Waals surface area contributed by atoms with Crippen molar-refractivity contribution in [3.8, 4) is 16.9 Å². The predicted molar refractivity (Wildman–Crippen MR) is 81.0 cm³/mol.